The van der Waals surface area contributed by atoms with Crippen LogP contribution in [-0.2, 0) is 16.6 Å². The number of sulfonamides is 1. The minimum absolute atomic E-state index is 0.0475. The Hall–Kier alpha value is -2.29. The number of hydrogen-bond donors (Lipinski definition) is 1. The van der Waals surface area contributed by atoms with E-state index >= 15 is 0 Å². The third-order valence-electron chi connectivity index (χ3n) is 5.51. The lowest BCUT2D eigenvalue weighted by molar-refractivity contribution is 0.0761. The number of benzene rings is 2. The van der Waals surface area contributed by atoms with E-state index in [1.165, 1.54) is 24.3 Å². The van der Waals surface area contributed by atoms with Gasteiger partial charge in [-0.1, -0.05) is 12.1 Å². The van der Waals surface area contributed by atoms with Gasteiger partial charge in [0.1, 0.15) is 5.82 Å². The Kier molecular flexibility index (Phi) is 6.17. The van der Waals surface area contributed by atoms with Gasteiger partial charge in [0.15, 0.2) is 0 Å². The van der Waals surface area contributed by atoms with E-state index in [1.807, 2.05) is 4.90 Å². The van der Waals surface area contributed by atoms with Crippen LogP contribution in [0.3, 0.4) is 0 Å². The van der Waals surface area contributed by atoms with Crippen LogP contribution in [0, 0.1) is 5.82 Å². The molecule has 4 rings (SSSR count). The van der Waals surface area contributed by atoms with Gasteiger partial charge in [0.2, 0.25) is 10.0 Å². The van der Waals surface area contributed by atoms with E-state index < -0.39 is 10.0 Å². The lowest BCUT2D eigenvalue weighted by atomic mass is 10.2. The zero-order valence-corrected chi connectivity index (χ0v) is 17.6. The highest BCUT2D eigenvalue weighted by atomic mass is 32.2. The second-order valence-corrected chi connectivity index (χ2v) is 9.68. The summed E-state index contributed by atoms with van der Waals surface area (Å²) in [5, 5.41) is 0. The highest BCUT2D eigenvalue weighted by molar-refractivity contribution is 7.89. The molecule has 1 saturated heterocycles. The predicted octanol–water partition coefficient (Wildman–Crippen LogP) is 2.61. The number of nitrogens with zero attached hydrogens (tertiary/aromatic N) is 2. The molecule has 160 valence electrons. The number of hydrogen-bond acceptors (Lipinski definition) is 4. The Morgan fingerprint density at radius 3 is 2.33 bits per heavy atom. The maximum Gasteiger partial charge on any atom is 0.253 e. The summed E-state index contributed by atoms with van der Waals surface area (Å²) < 4.78 is 40.3. The van der Waals surface area contributed by atoms with Crippen LogP contribution >= 0.6 is 0 Å². The minimum Gasteiger partial charge on any atom is -0.337 e. The molecule has 30 heavy (non-hydrogen) atoms. The van der Waals surface area contributed by atoms with E-state index in [0.717, 1.165) is 44.5 Å². The van der Waals surface area contributed by atoms with Gasteiger partial charge in [-0.15, -0.1) is 0 Å². The van der Waals surface area contributed by atoms with E-state index in [2.05, 4.69) is 9.62 Å². The Morgan fingerprint density at radius 2 is 1.67 bits per heavy atom. The zero-order chi connectivity index (χ0) is 21.1. The first-order chi connectivity index (χ1) is 14.4. The van der Waals surface area contributed by atoms with Gasteiger partial charge in [-0.2, -0.15) is 0 Å². The number of rotatable bonds is 6. The third-order valence-corrected chi connectivity index (χ3v) is 7.04. The van der Waals surface area contributed by atoms with Gasteiger partial charge in [0.25, 0.3) is 5.91 Å². The van der Waals surface area contributed by atoms with Crippen molar-refractivity contribution in [3.63, 3.8) is 0 Å². The lowest BCUT2D eigenvalue weighted by Gasteiger charge is -2.22. The molecule has 0 spiro atoms. The van der Waals surface area contributed by atoms with Crippen LogP contribution in [-0.4, -0.2) is 56.3 Å². The van der Waals surface area contributed by atoms with Gasteiger partial charge in [0, 0.05) is 44.3 Å². The van der Waals surface area contributed by atoms with Crippen molar-refractivity contribution in [3.8, 4) is 0 Å². The molecule has 0 unspecified atom stereocenters. The standard InChI is InChI=1S/C22H26FN3O3S/c23-19-6-2-17(3-7-19)16-25-12-1-13-26(15-14-25)22(27)18-4-10-21(11-5-18)30(28,29)24-20-8-9-20/h2-7,10-11,20,24H,1,8-9,12-16H2. The van der Waals surface area contributed by atoms with Gasteiger partial charge in [-0.05, 0) is 61.2 Å². The predicted molar refractivity (Wildman–Crippen MR) is 112 cm³/mol. The van der Waals surface area contributed by atoms with Crippen LogP contribution in [0.4, 0.5) is 4.39 Å². The summed E-state index contributed by atoms with van der Waals surface area (Å²) in [5.74, 6) is -0.328. The van der Waals surface area contributed by atoms with Crippen LogP contribution < -0.4 is 4.72 Å². The van der Waals surface area contributed by atoms with Crippen LogP contribution in [0.15, 0.2) is 53.4 Å². The van der Waals surface area contributed by atoms with E-state index in [-0.39, 0.29) is 22.7 Å². The Morgan fingerprint density at radius 1 is 0.967 bits per heavy atom. The Bertz CT molecular complexity index is 989. The fourth-order valence-electron chi connectivity index (χ4n) is 3.63. The Labute approximate surface area is 176 Å². The molecule has 0 radical (unpaired) electrons. The molecule has 0 aromatic heterocycles. The van der Waals surface area contributed by atoms with Crippen molar-refractivity contribution in [2.75, 3.05) is 26.2 Å². The molecule has 1 aliphatic heterocycles. The molecule has 1 amide bonds. The molecule has 1 saturated carbocycles. The van der Waals surface area contributed by atoms with Gasteiger partial charge < -0.3 is 4.90 Å². The number of halogens is 1. The van der Waals surface area contributed by atoms with Crippen LogP contribution in [0.5, 0.6) is 0 Å². The van der Waals surface area contributed by atoms with E-state index in [1.54, 1.807) is 24.3 Å². The summed E-state index contributed by atoms with van der Waals surface area (Å²) >= 11 is 0. The van der Waals surface area contributed by atoms with Crippen molar-refractivity contribution in [3.05, 3.63) is 65.5 Å². The number of amides is 1. The smallest absolute Gasteiger partial charge is 0.253 e. The minimum atomic E-state index is -3.52. The van der Waals surface area contributed by atoms with Gasteiger partial charge in [0.05, 0.1) is 4.90 Å². The molecule has 2 fully saturated rings. The Balaban J connectivity index is 1.35. The summed E-state index contributed by atoms with van der Waals surface area (Å²) in [7, 11) is -3.52. The number of carbonyl (C=O) groups is 1. The second kappa shape index (κ2) is 8.83. The lowest BCUT2D eigenvalue weighted by Crippen LogP contribution is -2.35. The van der Waals surface area contributed by atoms with E-state index in [0.29, 0.717) is 18.7 Å². The van der Waals surface area contributed by atoms with Gasteiger partial charge >= 0.3 is 0 Å². The first kappa shape index (κ1) is 21.0. The van der Waals surface area contributed by atoms with E-state index in [4.69, 9.17) is 0 Å². The zero-order valence-electron chi connectivity index (χ0n) is 16.8. The molecule has 2 aromatic carbocycles. The highest BCUT2D eigenvalue weighted by Crippen LogP contribution is 2.22. The first-order valence-corrected chi connectivity index (χ1v) is 11.8. The molecular weight excluding hydrogens is 405 g/mol. The van der Waals surface area contributed by atoms with Crippen LogP contribution in [0.2, 0.25) is 0 Å². The summed E-state index contributed by atoms with van der Waals surface area (Å²) in [4.78, 5) is 17.2. The van der Waals surface area contributed by atoms with Crippen molar-refractivity contribution < 1.29 is 17.6 Å². The van der Waals surface area contributed by atoms with Crippen molar-refractivity contribution in [2.45, 2.75) is 36.7 Å². The van der Waals surface area contributed by atoms with Crippen LogP contribution in [0.1, 0.15) is 35.2 Å². The number of carbonyl (C=O) groups excluding carboxylic acids is 1. The molecule has 0 bridgehead atoms. The molecule has 1 N–H and O–H groups in total. The average Bonchev–Trinajstić information content (AvgIpc) is 3.56. The van der Waals surface area contributed by atoms with Crippen LogP contribution in [0.25, 0.3) is 0 Å². The van der Waals surface area contributed by atoms with E-state index in [9.17, 15) is 17.6 Å². The molecule has 6 nitrogen and oxygen atoms in total. The molecular formula is C22H26FN3O3S. The summed E-state index contributed by atoms with van der Waals surface area (Å²) in [6.45, 7) is 3.58. The summed E-state index contributed by atoms with van der Waals surface area (Å²) in [6.07, 6.45) is 2.61. The summed E-state index contributed by atoms with van der Waals surface area (Å²) in [5.41, 5.74) is 1.54. The van der Waals surface area contributed by atoms with Gasteiger partial charge in [-0.3, -0.25) is 9.69 Å². The van der Waals surface area contributed by atoms with Crippen molar-refractivity contribution in [1.29, 1.82) is 0 Å². The normalized spacial score (nSPS) is 18.2. The average molecular weight is 432 g/mol. The van der Waals surface area contributed by atoms with Crippen molar-refractivity contribution in [2.24, 2.45) is 0 Å². The molecule has 8 heteroatoms. The van der Waals surface area contributed by atoms with Gasteiger partial charge in [-0.25, -0.2) is 17.5 Å². The fraction of sp³-hybridized carbons (Fsp3) is 0.409. The largest absolute Gasteiger partial charge is 0.337 e. The molecule has 0 atom stereocenters. The maximum absolute atomic E-state index is 13.1. The second-order valence-electron chi connectivity index (χ2n) is 7.97. The molecule has 2 aliphatic rings. The maximum atomic E-state index is 13.1. The fourth-order valence-corrected chi connectivity index (χ4v) is 4.93. The first-order valence-electron chi connectivity index (χ1n) is 10.3. The molecule has 1 aliphatic carbocycles. The summed E-state index contributed by atoms with van der Waals surface area (Å²) in [6, 6.07) is 12.7. The van der Waals surface area contributed by atoms with Crippen molar-refractivity contribution in [1.82, 2.24) is 14.5 Å². The van der Waals surface area contributed by atoms with Crippen molar-refractivity contribution >= 4 is 15.9 Å². The SMILES string of the molecule is O=C(c1ccc(S(=O)(=O)NC2CC2)cc1)N1CCCN(Cc2ccc(F)cc2)CC1. The topological polar surface area (TPSA) is 69.7 Å². The highest BCUT2D eigenvalue weighted by Gasteiger charge is 2.28. The quantitative estimate of drug-likeness (QED) is 0.763. The monoisotopic (exact) mass is 431 g/mol. The molecule has 2 aromatic rings. The number of nitrogens with one attached hydrogen (secondary N) is 1. The molecule has 1 heterocycles. The third kappa shape index (κ3) is 5.24.